The Bertz CT molecular complexity index is 489. The van der Waals surface area contributed by atoms with Gasteiger partial charge >= 0.3 is 0 Å². The van der Waals surface area contributed by atoms with Gasteiger partial charge in [-0.2, -0.15) is 0 Å². The Balaban J connectivity index is 2.32. The summed E-state index contributed by atoms with van der Waals surface area (Å²) in [4.78, 5) is 8.13. The summed E-state index contributed by atoms with van der Waals surface area (Å²) < 4.78 is 18.3. The third kappa shape index (κ3) is 2.30. The Morgan fingerprint density at radius 1 is 1.53 bits per heavy atom. The molecular weight excluding hydrogens is 239 g/mol. The summed E-state index contributed by atoms with van der Waals surface area (Å²) in [6.45, 7) is 1.79. The quantitative estimate of drug-likeness (QED) is 0.600. The number of rotatable bonds is 2. The minimum Gasteiger partial charge on any atom is -0.468 e. The van der Waals surface area contributed by atoms with Crippen LogP contribution < -0.4 is 0 Å². The fourth-order valence-electron chi connectivity index (χ4n) is 0.986. The first kappa shape index (κ1) is 10.4. The summed E-state index contributed by atoms with van der Waals surface area (Å²) in [6.07, 6.45) is 2.59. The van der Waals surface area contributed by atoms with Gasteiger partial charge in [-0.25, -0.2) is 14.4 Å². The Kier molecular flexibility index (Phi) is 2.93. The van der Waals surface area contributed by atoms with E-state index in [0.29, 0.717) is 5.76 Å². The maximum atomic E-state index is 13.3. The number of hydrogen-bond donors (Lipinski definition) is 0. The van der Waals surface area contributed by atoms with E-state index in [1.54, 1.807) is 19.3 Å². The van der Waals surface area contributed by atoms with E-state index in [2.05, 4.69) is 9.97 Å². The Hall–Kier alpha value is -1.07. The molecule has 0 radical (unpaired) electrons. The zero-order valence-corrected chi connectivity index (χ0v) is 9.27. The van der Waals surface area contributed by atoms with Crippen molar-refractivity contribution in [1.29, 1.82) is 0 Å². The van der Waals surface area contributed by atoms with E-state index in [1.807, 2.05) is 0 Å². The second kappa shape index (κ2) is 4.20. The molecule has 2 heterocycles. The van der Waals surface area contributed by atoms with Crippen molar-refractivity contribution in [3.05, 3.63) is 35.4 Å². The monoisotopic (exact) mass is 244 g/mol. The molecule has 0 unspecified atom stereocenters. The molecule has 6 heteroatoms. The van der Waals surface area contributed by atoms with Crippen molar-refractivity contribution in [2.24, 2.45) is 0 Å². The fourth-order valence-corrected chi connectivity index (χ4v) is 1.98. The highest BCUT2D eigenvalue weighted by Gasteiger charge is 2.10. The molecule has 0 atom stereocenters. The van der Waals surface area contributed by atoms with Crippen LogP contribution in [0.3, 0.4) is 0 Å². The van der Waals surface area contributed by atoms with Gasteiger partial charge in [-0.1, -0.05) is 11.8 Å². The van der Waals surface area contributed by atoms with Crippen LogP contribution in [0.25, 0.3) is 0 Å². The number of aromatic nitrogens is 2. The van der Waals surface area contributed by atoms with Gasteiger partial charge in [0, 0.05) is 0 Å². The van der Waals surface area contributed by atoms with Gasteiger partial charge in [0.25, 0.3) is 0 Å². The topological polar surface area (TPSA) is 38.9 Å². The number of halogens is 2. The van der Waals surface area contributed by atoms with Gasteiger partial charge in [0.15, 0.2) is 5.82 Å². The van der Waals surface area contributed by atoms with E-state index < -0.39 is 5.82 Å². The zero-order valence-electron chi connectivity index (χ0n) is 7.70. The molecular formula is C9H6ClFN2OS. The zero-order chi connectivity index (χ0) is 10.8. The molecule has 0 aliphatic heterocycles. The first-order valence-corrected chi connectivity index (χ1v) is 5.26. The Morgan fingerprint density at radius 2 is 2.33 bits per heavy atom. The lowest BCUT2D eigenvalue weighted by molar-refractivity contribution is 0.526. The minimum absolute atomic E-state index is 0.0278. The number of aryl methyl sites for hydroxylation is 1. The predicted molar refractivity (Wildman–Crippen MR) is 54.6 cm³/mol. The molecule has 2 aromatic heterocycles. The van der Waals surface area contributed by atoms with Crippen molar-refractivity contribution in [2.45, 2.75) is 16.8 Å². The van der Waals surface area contributed by atoms with Crippen LogP contribution in [0.4, 0.5) is 4.39 Å². The molecule has 3 nitrogen and oxygen atoms in total. The molecule has 0 N–H and O–H groups in total. The van der Waals surface area contributed by atoms with Crippen LogP contribution in [0.2, 0.25) is 5.28 Å². The molecule has 0 saturated heterocycles. The van der Waals surface area contributed by atoms with E-state index in [1.165, 1.54) is 0 Å². The summed E-state index contributed by atoms with van der Waals surface area (Å²) in [6, 6.07) is 1.75. The average Bonchev–Trinajstić information content (AvgIpc) is 2.58. The molecule has 0 spiro atoms. The maximum Gasteiger partial charge on any atom is 0.223 e. The van der Waals surface area contributed by atoms with Crippen LogP contribution in [0.1, 0.15) is 5.76 Å². The lowest BCUT2D eigenvalue weighted by Crippen LogP contribution is -1.90. The highest BCUT2D eigenvalue weighted by atomic mass is 35.5. The SMILES string of the molecule is Cc1occc1Sc1nc(Cl)ncc1F. The van der Waals surface area contributed by atoms with Crippen LogP contribution in [-0.4, -0.2) is 9.97 Å². The summed E-state index contributed by atoms with van der Waals surface area (Å²) in [5, 5.41) is 0.222. The number of furan rings is 1. The van der Waals surface area contributed by atoms with E-state index in [0.717, 1.165) is 22.9 Å². The third-order valence-electron chi connectivity index (χ3n) is 1.70. The summed E-state index contributed by atoms with van der Waals surface area (Å²) in [5.41, 5.74) is 0. The van der Waals surface area contributed by atoms with Crippen molar-refractivity contribution in [2.75, 3.05) is 0 Å². The molecule has 0 aliphatic rings. The molecule has 15 heavy (non-hydrogen) atoms. The molecule has 0 aliphatic carbocycles. The fraction of sp³-hybridized carbons (Fsp3) is 0.111. The van der Waals surface area contributed by atoms with Crippen molar-refractivity contribution in [3.63, 3.8) is 0 Å². The molecule has 2 aromatic rings. The van der Waals surface area contributed by atoms with Crippen LogP contribution in [0.5, 0.6) is 0 Å². The van der Waals surface area contributed by atoms with Crippen molar-refractivity contribution >= 4 is 23.4 Å². The second-order valence-corrected chi connectivity index (χ2v) is 4.10. The summed E-state index contributed by atoms with van der Waals surface area (Å²) in [7, 11) is 0. The van der Waals surface area contributed by atoms with Gasteiger partial charge in [-0.15, -0.1) is 0 Å². The largest absolute Gasteiger partial charge is 0.468 e. The average molecular weight is 245 g/mol. The van der Waals surface area contributed by atoms with Gasteiger partial charge in [0.2, 0.25) is 5.28 Å². The molecule has 78 valence electrons. The molecule has 0 aromatic carbocycles. The van der Waals surface area contributed by atoms with Gasteiger partial charge in [0.05, 0.1) is 17.4 Å². The lowest BCUT2D eigenvalue weighted by atomic mass is 10.5. The van der Waals surface area contributed by atoms with Crippen LogP contribution in [-0.2, 0) is 0 Å². The van der Waals surface area contributed by atoms with E-state index in [9.17, 15) is 4.39 Å². The molecule has 2 rings (SSSR count). The molecule has 0 saturated carbocycles. The molecule has 0 fully saturated rings. The van der Waals surface area contributed by atoms with Gasteiger partial charge < -0.3 is 4.42 Å². The number of nitrogens with zero attached hydrogens (tertiary/aromatic N) is 2. The summed E-state index contributed by atoms with van der Waals surface area (Å²) >= 11 is 6.73. The molecule has 0 amide bonds. The summed E-state index contributed by atoms with van der Waals surface area (Å²) in [5.74, 6) is 0.221. The van der Waals surface area contributed by atoms with Gasteiger partial charge in [-0.3, -0.25) is 0 Å². The van der Waals surface area contributed by atoms with Crippen molar-refractivity contribution < 1.29 is 8.81 Å². The van der Waals surface area contributed by atoms with Crippen molar-refractivity contribution in [1.82, 2.24) is 9.97 Å². The van der Waals surface area contributed by atoms with Gasteiger partial charge in [-0.05, 0) is 24.6 Å². The normalized spacial score (nSPS) is 10.6. The third-order valence-corrected chi connectivity index (χ3v) is 3.01. The van der Waals surface area contributed by atoms with E-state index in [4.69, 9.17) is 16.0 Å². The highest BCUT2D eigenvalue weighted by Crippen LogP contribution is 2.31. The number of hydrogen-bond acceptors (Lipinski definition) is 4. The maximum absolute atomic E-state index is 13.3. The highest BCUT2D eigenvalue weighted by molar-refractivity contribution is 7.99. The first-order valence-electron chi connectivity index (χ1n) is 4.07. The minimum atomic E-state index is -0.495. The smallest absolute Gasteiger partial charge is 0.223 e. The lowest BCUT2D eigenvalue weighted by Gasteiger charge is -2.00. The second-order valence-electron chi connectivity index (χ2n) is 2.74. The predicted octanol–water partition coefficient (Wildman–Crippen LogP) is 3.32. The van der Waals surface area contributed by atoms with Crippen LogP contribution in [0, 0.1) is 12.7 Å². The van der Waals surface area contributed by atoms with Crippen molar-refractivity contribution in [3.8, 4) is 0 Å². The van der Waals surface area contributed by atoms with E-state index in [-0.39, 0.29) is 10.3 Å². The van der Waals surface area contributed by atoms with Crippen LogP contribution in [0.15, 0.2) is 32.9 Å². The Morgan fingerprint density at radius 3 is 3.00 bits per heavy atom. The first-order chi connectivity index (χ1) is 7.16. The van der Waals surface area contributed by atoms with Gasteiger partial charge in [0.1, 0.15) is 10.8 Å². The standard InChI is InChI=1S/C9H6ClFN2OS/c1-5-7(2-3-14-5)15-8-6(11)4-12-9(10)13-8/h2-4H,1H3. The van der Waals surface area contributed by atoms with E-state index >= 15 is 0 Å². The Labute approximate surface area is 94.7 Å². The molecule has 0 bridgehead atoms. The van der Waals surface area contributed by atoms with Crippen LogP contribution >= 0.6 is 23.4 Å².